The lowest BCUT2D eigenvalue weighted by molar-refractivity contribution is -0.136. The van der Waals surface area contributed by atoms with E-state index >= 15 is 0 Å². The van der Waals surface area contributed by atoms with Gasteiger partial charge in [0.15, 0.2) is 0 Å². The first-order valence-corrected chi connectivity index (χ1v) is 21.0. The summed E-state index contributed by atoms with van der Waals surface area (Å²) in [6.45, 7) is 16.8. The van der Waals surface area contributed by atoms with Crippen LogP contribution in [0.15, 0.2) is 48.8 Å². The van der Waals surface area contributed by atoms with Crippen LogP contribution in [-0.2, 0) is 9.59 Å². The smallest absolute Gasteiger partial charge is 0.274 e. The van der Waals surface area contributed by atoms with Gasteiger partial charge in [-0.3, -0.25) is 39.1 Å². The average molecular weight is 819 g/mol. The van der Waals surface area contributed by atoms with Crippen LogP contribution < -0.4 is 20.0 Å². The van der Waals surface area contributed by atoms with E-state index in [0.717, 1.165) is 100 Å². The second kappa shape index (κ2) is 15.5. The van der Waals surface area contributed by atoms with E-state index in [-0.39, 0.29) is 35.3 Å². The first-order chi connectivity index (χ1) is 28.5. The number of hydrogen-bond acceptors (Lipinski definition) is 11. The van der Waals surface area contributed by atoms with E-state index in [1.54, 1.807) is 24.5 Å². The van der Waals surface area contributed by atoms with Crippen molar-refractivity contribution < 1.29 is 24.0 Å². The monoisotopic (exact) mass is 818 g/mol. The highest BCUT2D eigenvalue weighted by atomic mass is 35.5. The zero-order chi connectivity index (χ0) is 41.0. The lowest BCUT2D eigenvalue weighted by atomic mass is 9.77. The van der Waals surface area contributed by atoms with Crippen molar-refractivity contribution in [1.82, 2.24) is 30.0 Å². The Morgan fingerprint density at radius 2 is 1.58 bits per heavy atom. The number of anilines is 3. The number of fused-ring (bicyclic) bond motifs is 1. The van der Waals surface area contributed by atoms with Crippen LogP contribution in [0, 0.1) is 12.0 Å². The van der Waals surface area contributed by atoms with Crippen LogP contribution in [0.1, 0.15) is 83.1 Å². The van der Waals surface area contributed by atoms with E-state index in [1.165, 1.54) is 0 Å². The Hall–Kier alpha value is -5.59. The van der Waals surface area contributed by atoms with Crippen molar-refractivity contribution in [2.45, 2.75) is 70.0 Å². The van der Waals surface area contributed by atoms with Crippen LogP contribution >= 0.6 is 11.6 Å². The molecule has 2 atom stereocenters. The van der Waals surface area contributed by atoms with E-state index in [9.17, 15) is 24.0 Å². The fraction of sp³-hybridized carbons (Fsp3) is 0.488. The maximum absolute atomic E-state index is 13.5. The number of rotatable bonds is 6. The quantitative estimate of drug-likeness (QED) is 0.279. The van der Waals surface area contributed by atoms with Gasteiger partial charge < -0.3 is 19.6 Å². The van der Waals surface area contributed by atoms with Crippen molar-refractivity contribution in [3.05, 3.63) is 82.1 Å². The van der Waals surface area contributed by atoms with Crippen LogP contribution in [0.25, 0.3) is 4.85 Å². The number of benzene rings is 2. The molecule has 1 N–H and O–H groups in total. The molecule has 0 radical (unpaired) electrons. The molecule has 2 aromatic carbocycles. The second-order valence-electron chi connectivity index (χ2n) is 16.9. The Labute approximate surface area is 348 Å². The molecular formula is C43H47ClN10O5. The highest BCUT2D eigenvalue weighted by Gasteiger charge is 2.46. The van der Waals surface area contributed by atoms with Crippen molar-refractivity contribution in [3.8, 4) is 0 Å². The van der Waals surface area contributed by atoms with Crippen LogP contribution in [0.2, 0.25) is 5.02 Å². The number of carbonyl (C=O) groups is 5. The molecule has 1 aromatic heterocycles. The van der Waals surface area contributed by atoms with E-state index in [1.807, 2.05) is 29.2 Å². The minimum Gasteiger partial charge on any atom is -0.369 e. The molecule has 306 valence electrons. The fourth-order valence-electron chi connectivity index (χ4n) is 10.2. The molecule has 0 saturated carbocycles. The van der Waals surface area contributed by atoms with Crippen molar-refractivity contribution >= 4 is 64.0 Å². The van der Waals surface area contributed by atoms with Gasteiger partial charge in [0, 0.05) is 93.8 Å². The van der Waals surface area contributed by atoms with Gasteiger partial charge in [0.1, 0.15) is 17.6 Å². The van der Waals surface area contributed by atoms with Crippen LogP contribution in [0.5, 0.6) is 0 Å². The second-order valence-corrected chi connectivity index (χ2v) is 17.3. The van der Waals surface area contributed by atoms with Gasteiger partial charge in [0.2, 0.25) is 17.5 Å². The van der Waals surface area contributed by atoms with Crippen LogP contribution in [0.3, 0.4) is 0 Å². The van der Waals surface area contributed by atoms with Crippen molar-refractivity contribution in [1.29, 1.82) is 0 Å². The average Bonchev–Trinajstić information content (AvgIpc) is 3.71. The third-order valence-corrected chi connectivity index (χ3v) is 13.8. The van der Waals surface area contributed by atoms with Gasteiger partial charge in [-0.2, -0.15) is 0 Å². The molecule has 5 amide bonds. The fourth-order valence-corrected chi connectivity index (χ4v) is 10.4. The predicted molar refractivity (Wildman–Crippen MR) is 221 cm³/mol. The summed E-state index contributed by atoms with van der Waals surface area (Å²) in [4.78, 5) is 89.2. The summed E-state index contributed by atoms with van der Waals surface area (Å²) in [5.41, 5.74) is 3.55. The van der Waals surface area contributed by atoms with E-state index in [2.05, 4.69) is 41.7 Å². The number of amides is 5. The molecule has 5 saturated heterocycles. The molecule has 1 unspecified atom stereocenters. The Bertz CT molecular complexity index is 2240. The first kappa shape index (κ1) is 38.9. The van der Waals surface area contributed by atoms with E-state index in [0.29, 0.717) is 41.6 Å². The number of nitrogens with zero attached hydrogens (tertiary/aromatic N) is 9. The minimum absolute atomic E-state index is 0.0830. The molecule has 1 spiro atoms. The lowest BCUT2D eigenvalue weighted by Gasteiger charge is -2.43. The minimum atomic E-state index is -0.986. The van der Waals surface area contributed by atoms with Crippen molar-refractivity contribution in [3.63, 3.8) is 0 Å². The van der Waals surface area contributed by atoms with Crippen molar-refractivity contribution in [2.24, 2.45) is 5.41 Å². The normalized spacial score (nSPS) is 23.8. The largest absolute Gasteiger partial charge is 0.369 e. The molecule has 7 heterocycles. The topological polar surface area (TPSA) is 147 Å². The van der Waals surface area contributed by atoms with Gasteiger partial charge in [-0.05, 0) is 81.2 Å². The van der Waals surface area contributed by atoms with Gasteiger partial charge in [-0.15, -0.1) is 0 Å². The number of likely N-dealkylation sites (tertiary alicyclic amines) is 1. The third-order valence-electron chi connectivity index (χ3n) is 13.5. The number of aromatic nitrogens is 2. The molecule has 15 nitrogen and oxygen atoms in total. The Morgan fingerprint density at radius 1 is 0.847 bits per heavy atom. The summed E-state index contributed by atoms with van der Waals surface area (Å²) in [5.74, 6) is -1.31. The first-order valence-electron chi connectivity index (χ1n) is 20.7. The Balaban J connectivity index is 0.736. The van der Waals surface area contributed by atoms with Crippen LogP contribution in [-0.4, -0.2) is 131 Å². The number of hydrogen-bond donors (Lipinski definition) is 1. The Kier molecular flexibility index (Phi) is 10.2. The van der Waals surface area contributed by atoms with Gasteiger partial charge in [0.05, 0.1) is 30.1 Å². The van der Waals surface area contributed by atoms with Gasteiger partial charge in [0.25, 0.3) is 17.7 Å². The van der Waals surface area contributed by atoms with Crippen LogP contribution in [0.4, 0.5) is 22.9 Å². The number of carbonyl (C=O) groups excluding carboxylic acids is 5. The molecule has 5 fully saturated rings. The summed E-state index contributed by atoms with van der Waals surface area (Å²) >= 11 is 6.38. The summed E-state index contributed by atoms with van der Waals surface area (Å²) < 4.78 is 0. The molecule has 0 bridgehead atoms. The maximum Gasteiger partial charge on any atom is 0.274 e. The highest BCUT2D eigenvalue weighted by Crippen LogP contribution is 2.46. The van der Waals surface area contributed by atoms with Gasteiger partial charge in [-0.25, -0.2) is 14.8 Å². The third kappa shape index (κ3) is 7.26. The molecule has 6 aliphatic rings. The zero-order valence-corrected chi connectivity index (χ0v) is 33.9. The standard InChI is InChI=1S/C43H47ClN10O5/c1-27-23-43(26-53(27)30-4-6-34(45-2)33(44)22-30)11-15-51(16-12-43)37-25-46-35(24-47-37)42(59)52-13-9-28(10-14-52)49-17-19-50(20-18-49)29-3-5-31-32(21-29)41(58)54(40(31)57)36-7-8-38(55)48-39(36)56/h3-6,21-22,24-25,27-28,36H,7-20,23,26H2,1H3,(H,48,55,56)/t27-,36?/m0/s1. The summed E-state index contributed by atoms with van der Waals surface area (Å²) in [5, 5.41) is 2.74. The molecule has 16 heteroatoms. The molecular weight excluding hydrogens is 772 g/mol. The molecule has 59 heavy (non-hydrogen) atoms. The zero-order valence-electron chi connectivity index (χ0n) is 33.1. The number of nitrogens with one attached hydrogen (secondary N) is 1. The summed E-state index contributed by atoms with van der Waals surface area (Å²) in [6.07, 6.45) is 8.50. The molecule has 6 aliphatic heterocycles. The highest BCUT2D eigenvalue weighted by molar-refractivity contribution is 6.33. The van der Waals surface area contributed by atoms with E-state index in [4.69, 9.17) is 23.2 Å². The number of imide groups is 2. The Morgan fingerprint density at radius 3 is 2.25 bits per heavy atom. The molecule has 9 rings (SSSR count). The number of halogens is 1. The lowest BCUT2D eigenvalue weighted by Crippen LogP contribution is -2.54. The summed E-state index contributed by atoms with van der Waals surface area (Å²) in [7, 11) is 0. The number of piperidine rings is 3. The maximum atomic E-state index is 13.5. The predicted octanol–water partition coefficient (Wildman–Crippen LogP) is 4.39. The molecule has 3 aromatic rings. The molecule has 0 aliphatic carbocycles. The summed E-state index contributed by atoms with van der Waals surface area (Å²) in [6, 6.07) is 10.8. The van der Waals surface area contributed by atoms with Crippen molar-refractivity contribution in [2.75, 3.05) is 73.6 Å². The van der Waals surface area contributed by atoms with Gasteiger partial charge >= 0.3 is 0 Å². The SMILES string of the molecule is [C-]#[N+]c1ccc(N2CC3(CCN(c4cnc(C(=O)N5CCC(N6CCN(c7ccc8c(c7)C(=O)N(C7CCC(=O)NC7=O)C8=O)CC6)CC5)cn4)CC3)C[C@@H]2C)cc1Cl. The van der Waals surface area contributed by atoms with Gasteiger partial charge in [-0.1, -0.05) is 17.7 Å². The number of piperazine rings is 1. The van der Waals surface area contributed by atoms with E-state index < -0.39 is 29.7 Å².